The summed E-state index contributed by atoms with van der Waals surface area (Å²) in [6, 6.07) is 1.64. The standard InChI is InChI=1S/C19H25F3N4O5S/c1-2-12-32(30,31)25-7-3-4-16(25)18(27)24-10-8-23(9-11-24)15-6-5-14(19(20,21)22)13-17(15)26(28)29/h5-6,13,16H,2-4,7-12H2,1H3. The third-order valence-electron chi connectivity index (χ3n) is 5.74. The average molecular weight is 478 g/mol. The van der Waals surface area contributed by atoms with Crippen LogP contribution in [-0.4, -0.2) is 73.0 Å². The first-order valence-electron chi connectivity index (χ1n) is 10.3. The van der Waals surface area contributed by atoms with Gasteiger partial charge in [-0.25, -0.2) is 8.42 Å². The minimum Gasteiger partial charge on any atom is -0.362 e. The maximum absolute atomic E-state index is 13.0. The number of halogens is 3. The van der Waals surface area contributed by atoms with Crippen LogP contribution in [0.3, 0.4) is 0 Å². The van der Waals surface area contributed by atoms with E-state index in [4.69, 9.17) is 0 Å². The predicted octanol–water partition coefficient (Wildman–Crippen LogP) is 2.47. The number of carbonyl (C=O) groups is 1. The highest BCUT2D eigenvalue weighted by atomic mass is 32.2. The molecule has 2 heterocycles. The molecular formula is C19H25F3N4O5S. The van der Waals surface area contributed by atoms with Gasteiger partial charge in [-0.2, -0.15) is 17.5 Å². The number of hydrogen-bond donors (Lipinski definition) is 0. The van der Waals surface area contributed by atoms with E-state index in [-0.39, 0.29) is 43.5 Å². The molecule has 3 rings (SSSR count). The second-order valence-corrected chi connectivity index (χ2v) is 9.90. The minimum atomic E-state index is -4.69. The minimum absolute atomic E-state index is 0.0256. The van der Waals surface area contributed by atoms with Gasteiger partial charge in [0.15, 0.2) is 0 Å². The lowest BCUT2D eigenvalue weighted by atomic mass is 10.1. The summed E-state index contributed by atoms with van der Waals surface area (Å²) in [5.41, 5.74) is -1.69. The number of piperazine rings is 1. The molecule has 2 aliphatic heterocycles. The van der Waals surface area contributed by atoms with Crippen molar-refractivity contribution in [3.63, 3.8) is 0 Å². The Morgan fingerprint density at radius 2 is 1.84 bits per heavy atom. The van der Waals surface area contributed by atoms with Crippen molar-refractivity contribution in [2.45, 2.75) is 38.4 Å². The zero-order chi connectivity index (χ0) is 23.7. The SMILES string of the molecule is CCCS(=O)(=O)N1CCCC1C(=O)N1CCN(c2ccc(C(F)(F)F)cc2[N+](=O)[O-])CC1. The molecule has 1 atom stereocenters. The van der Waals surface area contributed by atoms with E-state index >= 15 is 0 Å². The predicted molar refractivity (Wildman–Crippen MR) is 111 cm³/mol. The number of alkyl halides is 3. The third kappa shape index (κ3) is 4.98. The van der Waals surface area contributed by atoms with Gasteiger partial charge in [-0.15, -0.1) is 0 Å². The lowest BCUT2D eigenvalue weighted by Gasteiger charge is -2.38. The molecule has 32 heavy (non-hydrogen) atoms. The first-order chi connectivity index (χ1) is 15.0. The zero-order valence-electron chi connectivity index (χ0n) is 17.5. The van der Waals surface area contributed by atoms with Gasteiger partial charge in [0.1, 0.15) is 11.7 Å². The number of nitrogens with zero attached hydrogens (tertiary/aromatic N) is 4. The Kier molecular flexibility index (Phi) is 6.98. The molecule has 0 aliphatic carbocycles. The van der Waals surface area contributed by atoms with Gasteiger partial charge in [0, 0.05) is 38.8 Å². The van der Waals surface area contributed by atoms with Crippen molar-refractivity contribution in [1.29, 1.82) is 0 Å². The van der Waals surface area contributed by atoms with E-state index in [2.05, 4.69) is 0 Å². The number of carbonyl (C=O) groups excluding carboxylic acids is 1. The molecular weight excluding hydrogens is 453 g/mol. The maximum Gasteiger partial charge on any atom is 0.416 e. The molecule has 178 valence electrons. The van der Waals surface area contributed by atoms with Crippen molar-refractivity contribution in [1.82, 2.24) is 9.21 Å². The second kappa shape index (κ2) is 9.22. The van der Waals surface area contributed by atoms with Crippen LogP contribution in [-0.2, 0) is 21.0 Å². The molecule has 13 heteroatoms. The Hall–Kier alpha value is -2.41. The quantitative estimate of drug-likeness (QED) is 0.460. The third-order valence-corrected chi connectivity index (χ3v) is 7.82. The van der Waals surface area contributed by atoms with E-state index < -0.39 is 38.4 Å². The van der Waals surface area contributed by atoms with Crippen molar-refractivity contribution in [3.05, 3.63) is 33.9 Å². The van der Waals surface area contributed by atoms with Crippen LogP contribution in [0.5, 0.6) is 0 Å². The topological polar surface area (TPSA) is 104 Å². The molecule has 0 bridgehead atoms. The van der Waals surface area contributed by atoms with E-state index in [1.54, 1.807) is 11.8 Å². The van der Waals surface area contributed by atoms with Gasteiger partial charge in [0.05, 0.1) is 16.2 Å². The number of amides is 1. The van der Waals surface area contributed by atoms with Gasteiger partial charge in [-0.05, 0) is 31.4 Å². The summed E-state index contributed by atoms with van der Waals surface area (Å²) in [5, 5.41) is 11.4. The number of nitro benzene ring substituents is 1. The van der Waals surface area contributed by atoms with Crippen LogP contribution in [0, 0.1) is 10.1 Å². The van der Waals surface area contributed by atoms with Crippen molar-refractivity contribution in [3.8, 4) is 0 Å². The molecule has 2 fully saturated rings. The number of benzene rings is 1. The Morgan fingerprint density at radius 1 is 1.19 bits per heavy atom. The van der Waals surface area contributed by atoms with Gasteiger partial charge in [0.25, 0.3) is 5.69 Å². The number of anilines is 1. The highest BCUT2D eigenvalue weighted by Gasteiger charge is 2.41. The lowest BCUT2D eigenvalue weighted by Crippen LogP contribution is -2.54. The highest BCUT2D eigenvalue weighted by molar-refractivity contribution is 7.89. The smallest absolute Gasteiger partial charge is 0.362 e. The summed E-state index contributed by atoms with van der Waals surface area (Å²) in [6.45, 7) is 2.81. The molecule has 2 aliphatic rings. The first kappa shape index (κ1) is 24.2. The van der Waals surface area contributed by atoms with Gasteiger partial charge in [-0.1, -0.05) is 6.92 Å². The summed E-state index contributed by atoms with van der Waals surface area (Å²) >= 11 is 0. The molecule has 0 N–H and O–H groups in total. The van der Waals surface area contributed by atoms with E-state index in [1.807, 2.05) is 0 Å². The monoisotopic (exact) mass is 478 g/mol. The van der Waals surface area contributed by atoms with E-state index in [1.165, 1.54) is 9.21 Å². The van der Waals surface area contributed by atoms with Crippen LogP contribution >= 0.6 is 0 Å². The van der Waals surface area contributed by atoms with E-state index in [0.29, 0.717) is 31.9 Å². The number of sulfonamides is 1. The Labute approximate surface area is 184 Å². The van der Waals surface area contributed by atoms with Crippen molar-refractivity contribution in [2.75, 3.05) is 43.4 Å². The molecule has 2 saturated heterocycles. The molecule has 0 radical (unpaired) electrons. The Balaban J connectivity index is 1.71. The number of rotatable bonds is 6. The largest absolute Gasteiger partial charge is 0.416 e. The summed E-state index contributed by atoms with van der Waals surface area (Å²) < 4.78 is 65.0. The summed E-state index contributed by atoms with van der Waals surface area (Å²) in [6.07, 6.45) is -3.21. The fourth-order valence-electron chi connectivity index (χ4n) is 4.19. The van der Waals surface area contributed by atoms with E-state index in [9.17, 15) is 36.5 Å². The van der Waals surface area contributed by atoms with Crippen molar-refractivity contribution < 1.29 is 31.3 Å². The van der Waals surface area contributed by atoms with Gasteiger partial charge < -0.3 is 9.80 Å². The highest BCUT2D eigenvalue weighted by Crippen LogP contribution is 2.37. The molecule has 1 unspecified atom stereocenters. The second-order valence-electron chi connectivity index (χ2n) is 7.86. The summed E-state index contributed by atoms with van der Waals surface area (Å²) in [7, 11) is -3.52. The molecule has 1 aromatic carbocycles. The average Bonchev–Trinajstić information content (AvgIpc) is 3.23. The Bertz CT molecular complexity index is 978. The van der Waals surface area contributed by atoms with Crippen LogP contribution in [0.4, 0.5) is 24.5 Å². The number of nitro groups is 1. The van der Waals surface area contributed by atoms with Gasteiger partial charge in [-0.3, -0.25) is 14.9 Å². The molecule has 0 saturated carbocycles. The lowest BCUT2D eigenvalue weighted by molar-refractivity contribution is -0.384. The molecule has 0 aromatic heterocycles. The van der Waals surface area contributed by atoms with Crippen LogP contribution in [0.15, 0.2) is 18.2 Å². The molecule has 1 amide bonds. The Morgan fingerprint density at radius 3 is 2.41 bits per heavy atom. The van der Waals surface area contributed by atoms with Crippen LogP contribution in [0.2, 0.25) is 0 Å². The molecule has 9 nitrogen and oxygen atoms in total. The van der Waals surface area contributed by atoms with Crippen LogP contribution in [0.25, 0.3) is 0 Å². The van der Waals surface area contributed by atoms with Gasteiger partial charge in [0.2, 0.25) is 15.9 Å². The van der Waals surface area contributed by atoms with Crippen LogP contribution in [0.1, 0.15) is 31.7 Å². The zero-order valence-corrected chi connectivity index (χ0v) is 18.4. The summed E-state index contributed by atoms with van der Waals surface area (Å²) in [5.74, 6) is -0.328. The van der Waals surface area contributed by atoms with Gasteiger partial charge >= 0.3 is 6.18 Å². The fourth-order valence-corrected chi connectivity index (χ4v) is 5.93. The fraction of sp³-hybridized carbons (Fsp3) is 0.632. The normalized spacial score (nSPS) is 20.6. The first-order valence-corrected chi connectivity index (χ1v) is 12.0. The van der Waals surface area contributed by atoms with Crippen molar-refractivity contribution >= 4 is 27.3 Å². The summed E-state index contributed by atoms with van der Waals surface area (Å²) in [4.78, 5) is 26.6. The molecule has 1 aromatic rings. The van der Waals surface area contributed by atoms with Crippen molar-refractivity contribution in [2.24, 2.45) is 0 Å². The maximum atomic E-state index is 13.0. The number of hydrogen-bond acceptors (Lipinski definition) is 6. The van der Waals surface area contributed by atoms with Crippen LogP contribution < -0.4 is 4.90 Å². The molecule has 0 spiro atoms. The van der Waals surface area contributed by atoms with E-state index in [0.717, 1.165) is 12.1 Å².